The summed E-state index contributed by atoms with van der Waals surface area (Å²) in [6.45, 7) is 2.01. The number of hydrogen-bond acceptors (Lipinski definition) is 2. The Labute approximate surface area is 89.9 Å². The maximum Gasteiger partial charge on any atom is 0.455 e. The highest BCUT2D eigenvalue weighted by Crippen LogP contribution is 2.26. The number of aryl methyl sites for hydroxylation is 1. The van der Waals surface area contributed by atoms with E-state index in [1.165, 1.54) is 6.07 Å². The van der Waals surface area contributed by atoms with E-state index in [1.54, 1.807) is 5.38 Å². The third-order valence-electron chi connectivity index (χ3n) is 1.95. The summed E-state index contributed by atoms with van der Waals surface area (Å²) in [5, 5.41) is 1.62. The fraction of sp³-hybridized carbons (Fsp3) is 0.500. The molecule has 0 amide bonds. The zero-order valence-electron chi connectivity index (χ0n) is 8.23. The van der Waals surface area contributed by atoms with E-state index < -0.39 is 12.0 Å². The summed E-state index contributed by atoms with van der Waals surface area (Å²) in [6, 6.07) is 1.34. The van der Waals surface area contributed by atoms with Crippen LogP contribution in [0, 0.1) is 0 Å². The summed E-state index contributed by atoms with van der Waals surface area (Å²) in [5.41, 5.74) is 0.814. The summed E-state index contributed by atoms with van der Waals surface area (Å²) < 4.78 is 36.2. The first-order chi connectivity index (χ1) is 6.95. The molecule has 1 aromatic heterocycles. The van der Waals surface area contributed by atoms with E-state index in [2.05, 4.69) is 0 Å². The highest BCUT2D eigenvalue weighted by molar-refractivity contribution is 7.12. The molecule has 0 fully saturated rings. The van der Waals surface area contributed by atoms with Gasteiger partial charge in [0.05, 0.1) is 4.88 Å². The third-order valence-corrected chi connectivity index (χ3v) is 2.93. The van der Waals surface area contributed by atoms with Crippen LogP contribution in [0.15, 0.2) is 11.4 Å². The Bertz CT molecular complexity index is 341. The van der Waals surface area contributed by atoms with Crippen molar-refractivity contribution in [1.29, 1.82) is 0 Å². The normalized spacial score (nSPS) is 11.7. The Balaban J connectivity index is 2.72. The van der Waals surface area contributed by atoms with Crippen LogP contribution >= 0.6 is 11.3 Å². The highest BCUT2D eigenvalue weighted by Gasteiger charge is 2.40. The minimum absolute atomic E-state index is 0.214. The number of unbranched alkanes of at least 4 members (excludes halogenated alkanes) is 1. The van der Waals surface area contributed by atoms with Gasteiger partial charge in [0, 0.05) is 0 Å². The molecule has 15 heavy (non-hydrogen) atoms. The summed E-state index contributed by atoms with van der Waals surface area (Å²) in [6.07, 6.45) is -2.11. The lowest BCUT2D eigenvalue weighted by Gasteiger charge is -2.01. The van der Waals surface area contributed by atoms with Gasteiger partial charge in [-0.05, 0) is 29.9 Å². The number of rotatable bonds is 4. The van der Waals surface area contributed by atoms with E-state index in [1.807, 2.05) is 6.92 Å². The highest BCUT2D eigenvalue weighted by atomic mass is 32.1. The van der Waals surface area contributed by atoms with Gasteiger partial charge in [0.15, 0.2) is 0 Å². The van der Waals surface area contributed by atoms with Crippen LogP contribution in [-0.2, 0) is 6.42 Å². The average Bonchev–Trinajstić information content (AvgIpc) is 2.60. The van der Waals surface area contributed by atoms with Gasteiger partial charge < -0.3 is 0 Å². The van der Waals surface area contributed by atoms with Crippen molar-refractivity contribution >= 4 is 17.1 Å². The minimum atomic E-state index is -4.76. The number of ketones is 1. The van der Waals surface area contributed by atoms with Gasteiger partial charge in [-0.2, -0.15) is 13.2 Å². The molecular formula is C10H11F3OS. The molecule has 1 rings (SSSR count). The predicted octanol–water partition coefficient (Wildman–Crippen LogP) is 3.84. The number of alkyl halides is 3. The van der Waals surface area contributed by atoms with Crippen molar-refractivity contribution in [2.45, 2.75) is 32.4 Å². The van der Waals surface area contributed by atoms with Crippen molar-refractivity contribution in [3.05, 3.63) is 21.9 Å². The fourth-order valence-corrected chi connectivity index (χ4v) is 2.05. The van der Waals surface area contributed by atoms with Gasteiger partial charge in [-0.1, -0.05) is 13.3 Å². The van der Waals surface area contributed by atoms with Gasteiger partial charge in [-0.25, -0.2) is 0 Å². The molecular weight excluding hydrogens is 225 g/mol. The lowest BCUT2D eigenvalue weighted by atomic mass is 10.1. The molecule has 0 radical (unpaired) electrons. The lowest BCUT2D eigenvalue weighted by Crippen LogP contribution is -2.21. The van der Waals surface area contributed by atoms with E-state index in [4.69, 9.17) is 0 Å². The van der Waals surface area contributed by atoms with E-state index >= 15 is 0 Å². The molecule has 0 aliphatic carbocycles. The minimum Gasteiger partial charge on any atom is -0.283 e. The van der Waals surface area contributed by atoms with Crippen LogP contribution in [0.5, 0.6) is 0 Å². The quantitative estimate of drug-likeness (QED) is 0.726. The molecule has 0 saturated heterocycles. The number of hydrogen-bond donors (Lipinski definition) is 0. The van der Waals surface area contributed by atoms with E-state index in [0.717, 1.165) is 36.2 Å². The van der Waals surface area contributed by atoms with Gasteiger partial charge in [0.1, 0.15) is 0 Å². The summed E-state index contributed by atoms with van der Waals surface area (Å²) in [5.74, 6) is -1.74. The van der Waals surface area contributed by atoms with Crippen LogP contribution in [-0.4, -0.2) is 12.0 Å². The Morgan fingerprint density at radius 3 is 2.67 bits per heavy atom. The predicted molar refractivity (Wildman–Crippen MR) is 53.3 cm³/mol. The zero-order valence-corrected chi connectivity index (χ0v) is 9.04. The lowest BCUT2D eigenvalue weighted by molar-refractivity contribution is -0.0882. The van der Waals surface area contributed by atoms with E-state index in [0.29, 0.717) is 0 Å². The van der Waals surface area contributed by atoms with Gasteiger partial charge in [0.2, 0.25) is 0 Å². The average molecular weight is 236 g/mol. The van der Waals surface area contributed by atoms with Crippen LogP contribution in [0.1, 0.15) is 35.0 Å². The van der Waals surface area contributed by atoms with Crippen LogP contribution < -0.4 is 0 Å². The molecule has 1 heterocycles. The summed E-state index contributed by atoms with van der Waals surface area (Å²) in [7, 11) is 0. The van der Waals surface area contributed by atoms with Crippen molar-refractivity contribution in [3.63, 3.8) is 0 Å². The Morgan fingerprint density at radius 2 is 2.13 bits per heavy atom. The number of carbonyl (C=O) groups is 1. The molecule has 0 N–H and O–H groups in total. The summed E-state index contributed by atoms with van der Waals surface area (Å²) in [4.78, 5) is 10.6. The SMILES string of the molecule is CCCCc1csc(C(=O)C(F)(F)F)c1. The van der Waals surface area contributed by atoms with Crippen LogP contribution in [0.3, 0.4) is 0 Å². The van der Waals surface area contributed by atoms with Crippen LogP contribution in [0.25, 0.3) is 0 Å². The van der Waals surface area contributed by atoms with E-state index in [9.17, 15) is 18.0 Å². The van der Waals surface area contributed by atoms with Crippen molar-refractivity contribution in [1.82, 2.24) is 0 Å². The Hall–Kier alpha value is -0.840. The van der Waals surface area contributed by atoms with Gasteiger partial charge in [-0.3, -0.25) is 4.79 Å². The molecule has 0 aromatic carbocycles. The largest absolute Gasteiger partial charge is 0.455 e. The maximum absolute atomic E-state index is 12.1. The molecule has 0 atom stereocenters. The van der Waals surface area contributed by atoms with Crippen molar-refractivity contribution in [2.75, 3.05) is 0 Å². The third kappa shape index (κ3) is 3.34. The van der Waals surface area contributed by atoms with Crippen molar-refractivity contribution < 1.29 is 18.0 Å². The molecule has 0 spiro atoms. The molecule has 0 bridgehead atoms. The smallest absolute Gasteiger partial charge is 0.283 e. The second kappa shape index (κ2) is 4.79. The number of halogens is 3. The molecule has 84 valence electrons. The maximum atomic E-state index is 12.1. The Morgan fingerprint density at radius 1 is 1.47 bits per heavy atom. The molecule has 0 unspecified atom stereocenters. The number of carbonyl (C=O) groups excluding carboxylic acids is 1. The second-order valence-electron chi connectivity index (χ2n) is 3.25. The first-order valence-electron chi connectivity index (χ1n) is 4.64. The first-order valence-corrected chi connectivity index (χ1v) is 5.52. The topological polar surface area (TPSA) is 17.1 Å². The Kier molecular flexibility index (Phi) is 3.90. The fourth-order valence-electron chi connectivity index (χ4n) is 1.15. The molecule has 1 nitrogen and oxygen atoms in total. The molecule has 0 aliphatic heterocycles. The van der Waals surface area contributed by atoms with Crippen LogP contribution in [0.4, 0.5) is 13.2 Å². The molecule has 1 aromatic rings. The number of thiophene rings is 1. The van der Waals surface area contributed by atoms with Crippen molar-refractivity contribution in [3.8, 4) is 0 Å². The van der Waals surface area contributed by atoms with Gasteiger partial charge in [-0.15, -0.1) is 11.3 Å². The van der Waals surface area contributed by atoms with Crippen molar-refractivity contribution in [2.24, 2.45) is 0 Å². The van der Waals surface area contributed by atoms with E-state index in [-0.39, 0.29) is 4.88 Å². The first kappa shape index (κ1) is 12.2. The second-order valence-corrected chi connectivity index (χ2v) is 4.16. The van der Waals surface area contributed by atoms with Gasteiger partial charge in [0.25, 0.3) is 5.78 Å². The zero-order chi connectivity index (χ0) is 11.5. The molecule has 5 heteroatoms. The summed E-state index contributed by atoms with van der Waals surface area (Å²) >= 11 is 0.865. The number of Topliss-reactive ketones (excluding diaryl/α,β-unsaturated/α-hetero) is 1. The molecule has 0 saturated carbocycles. The van der Waals surface area contributed by atoms with Crippen LogP contribution in [0.2, 0.25) is 0 Å². The monoisotopic (exact) mass is 236 g/mol. The molecule has 0 aliphatic rings. The standard InChI is InChI=1S/C10H11F3OS/c1-2-3-4-7-5-8(15-6-7)9(14)10(11,12)13/h5-6H,2-4H2,1H3. The van der Waals surface area contributed by atoms with Gasteiger partial charge >= 0.3 is 6.18 Å².